The van der Waals surface area contributed by atoms with E-state index in [-0.39, 0.29) is 30.0 Å². The maximum Gasteiger partial charge on any atom is 0.333 e. The summed E-state index contributed by atoms with van der Waals surface area (Å²) in [6, 6.07) is 0. The second kappa shape index (κ2) is 8.50. The molecule has 0 aromatic rings. The molecule has 2 fully saturated rings. The molecule has 7 nitrogen and oxygen atoms in total. The van der Waals surface area contributed by atoms with Crippen LogP contribution in [0.5, 0.6) is 0 Å². The van der Waals surface area contributed by atoms with Crippen molar-refractivity contribution in [1.29, 1.82) is 0 Å². The van der Waals surface area contributed by atoms with Gasteiger partial charge in [0.25, 0.3) is 0 Å². The highest BCUT2D eigenvalue weighted by atomic mass is 16.6. The molecule has 0 unspecified atom stereocenters. The molecule has 2 saturated carbocycles. The lowest BCUT2D eigenvalue weighted by Gasteiger charge is -2.62. The Morgan fingerprint density at radius 3 is 2.57 bits per heavy atom. The molecule has 2 N–H and O–H groups in total. The molecule has 0 saturated heterocycles. The van der Waals surface area contributed by atoms with E-state index >= 15 is 0 Å². The molecule has 0 radical (unpaired) electrons. The number of aliphatic hydroxyl groups is 2. The fourth-order valence-corrected chi connectivity index (χ4v) is 8.25. The number of rotatable bonds is 3. The highest BCUT2D eigenvalue weighted by molar-refractivity contribution is 5.99. The number of fused-ring (bicyclic) bond motifs is 5. The zero-order valence-corrected chi connectivity index (χ0v) is 22.5. The Balaban J connectivity index is 1.58. The Kier molecular flexibility index (Phi) is 6.00. The third-order valence-electron chi connectivity index (χ3n) is 10.6. The second-order valence-corrected chi connectivity index (χ2v) is 12.2. The van der Waals surface area contributed by atoms with E-state index in [0.29, 0.717) is 30.4 Å². The van der Waals surface area contributed by atoms with Crippen molar-refractivity contribution in [2.45, 2.75) is 91.1 Å². The van der Waals surface area contributed by atoms with Gasteiger partial charge >= 0.3 is 11.9 Å². The van der Waals surface area contributed by atoms with E-state index in [1.165, 1.54) is 6.92 Å². The van der Waals surface area contributed by atoms with Gasteiger partial charge < -0.3 is 19.7 Å². The zero-order valence-electron chi connectivity index (χ0n) is 22.5. The van der Waals surface area contributed by atoms with E-state index in [4.69, 9.17) is 9.47 Å². The number of cyclic esters (lactones) is 1. The minimum atomic E-state index is -1.53. The molecule has 200 valence electrons. The molecule has 5 rings (SSSR count). The first-order chi connectivity index (χ1) is 17.3. The maximum atomic E-state index is 13.3. The van der Waals surface area contributed by atoms with Crippen molar-refractivity contribution in [1.82, 2.24) is 0 Å². The van der Waals surface area contributed by atoms with Gasteiger partial charge in [-0.3, -0.25) is 9.59 Å². The Labute approximate surface area is 218 Å². The van der Waals surface area contributed by atoms with E-state index in [1.807, 2.05) is 39.8 Å². The van der Waals surface area contributed by atoms with Crippen LogP contribution in [0.4, 0.5) is 0 Å². The van der Waals surface area contributed by atoms with Gasteiger partial charge in [0.15, 0.2) is 5.78 Å². The molecule has 1 heterocycles. The number of allylic oxidation sites excluding steroid dienone is 3. The quantitative estimate of drug-likeness (QED) is 0.440. The molecule has 0 amide bonds. The molecule has 5 aliphatic rings. The molecule has 0 spiro atoms. The zero-order chi connectivity index (χ0) is 27.1. The highest BCUT2D eigenvalue weighted by Gasteiger charge is 2.71. The van der Waals surface area contributed by atoms with E-state index in [0.717, 1.165) is 11.1 Å². The predicted molar refractivity (Wildman–Crippen MR) is 136 cm³/mol. The van der Waals surface area contributed by atoms with Crippen LogP contribution in [0.25, 0.3) is 0 Å². The Hall–Kier alpha value is -2.51. The van der Waals surface area contributed by atoms with Gasteiger partial charge in [0.05, 0.1) is 11.5 Å². The average Bonchev–Trinajstić information content (AvgIpc) is 3.05. The van der Waals surface area contributed by atoms with Crippen molar-refractivity contribution >= 4 is 17.7 Å². The number of ether oxygens (including phenoxy) is 2. The lowest BCUT2D eigenvalue weighted by Crippen LogP contribution is -2.67. The fraction of sp³-hybridized carbons (Fsp3) is 0.633. The van der Waals surface area contributed by atoms with Crippen molar-refractivity contribution in [3.63, 3.8) is 0 Å². The van der Waals surface area contributed by atoms with Gasteiger partial charge in [0.2, 0.25) is 0 Å². The Bertz CT molecular complexity index is 1190. The summed E-state index contributed by atoms with van der Waals surface area (Å²) in [6.45, 7) is 10.9. The van der Waals surface area contributed by atoms with Crippen molar-refractivity contribution in [2.24, 2.45) is 28.6 Å². The minimum absolute atomic E-state index is 0.0683. The third-order valence-corrected chi connectivity index (χ3v) is 10.6. The van der Waals surface area contributed by atoms with E-state index in [2.05, 4.69) is 0 Å². The molecular formula is C30H38O7. The van der Waals surface area contributed by atoms with Gasteiger partial charge in [-0.05, 0) is 69.6 Å². The van der Waals surface area contributed by atoms with Crippen molar-refractivity contribution in [3.8, 4) is 0 Å². The summed E-state index contributed by atoms with van der Waals surface area (Å²) >= 11 is 0. The first-order valence-corrected chi connectivity index (χ1v) is 13.4. The maximum absolute atomic E-state index is 13.3. The normalized spacial score (nSPS) is 43.7. The van der Waals surface area contributed by atoms with Crippen molar-refractivity contribution in [2.75, 3.05) is 0 Å². The minimum Gasteiger partial charge on any atom is -0.458 e. The SMILES string of the molecule is CC(=O)O[C@H]1C=C([C@H](C)[C@H]2CC(C)=C(C)C(=O)O2)[C@@]2(C)CC[C@H]3[C@@H](C[C@H](O)C4=CC=CC(=O)[C@@]43C)[C@]12O. The number of esters is 2. The molecular weight excluding hydrogens is 472 g/mol. The first-order valence-electron chi connectivity index (χ1n) is 13.4. The number of carbonyl (C=O) groups excluding carboxylic acids is 3. The summed E-state index contributed by atoms with van der Waals surface area (Å²) < 4.78 is 11.6. The number of carbonyl (C=O) groups is 3. The average molecular weight is 511 g/mol. The largest absolute Gasteiger partial charge is 0.458 e. The Morgan fingerprint density at radius 1 is 1.22 bits per heavy atom. The van der Waals surface area contributed by atoms with Crippen LogP contribution in [0.1, 0.15) is 67.2 Å². The Morgan fingerprint density at radius 2 is 1.92 bits per heavy atom. The molecule has 0 aromatic carbocycles. The molecule has 4 aliphatic carbocycles. The van der Waals surface area contributed by atoms with Gasteiger partial charge in [-0.1, -0.05) is 37.1 Å². The molecule has 9 atom stereocenters. The molecule has 0 aromatic heterocycles. The van der Waals surface area contributed by atoms with Crippen LogP contribution in [-0.4, -0.2) is 51.8 Å². The van der Waals surface area contributed by atoms with Crippen LogP contribution in [0, 0.1) is 28.6 Å². The summed E-state index contributed by atoms with van der Waals surface area (Å²) in [5.74, 6) is -1.83. The van der Waals surface area contributed by atoms with Crippen LogP contribution in [0.3, 0.4) is 0 Å². The summed E-state index contributed by atoms with van der Waals surface area (Å²) in [5.41, 5.74) is -0.0362. The van der Waals surface area contributed by atoms with Gasteiger partial charge in [0, 0.05) is 30.3 Å². The van der Waals surface area contributed by atoms with Crippen LogP contribution < -0.4 is 0 Å². The highest BCUT2D eigenvalue weighted by Crippen LogP contribution is 2.67. The van der Waals surface area contributed by atoms with E-state index in [1.54, 1.807) is 19.1 Å². The summed E-state index contributed by atoms with van der Waals surface area (Å²) in [7, 11) is 0. The second-order valence-electron chi connectivity index (χ2n) is 12.2. The van der Waals surface area contributed by atoms with Crippen molar-refractivity contribution in [3.05, 3.63) is 46.6 Å². The fourth-order valence-electron chi connectivity index (χ4n) is 8.25. The van der Waals surface area contributed by atoms with E-state index in [9.17, 15) is 24.6 Å². The number of hydrogen-bond acceptors (Lipinski definition) is 7. The number of ketones is 1. The molecule has 37 heavy (non-hydrogen) atoms. The lowest BCUT2D eigenvalue weighted by atomic mass is 9.44. The molecule has 1 aliphatic heterocycles. The van der Waals surface area contributed by atoms with Crippen molar-refractivity contribution < 1.29 is 34.1 Å². The smallest absolute Gasteiger partial charge is 0.333 e. The summed E-state index contributed by atoms with van der Waals surface area (Å²) in [6.07, 6.45) is 6.81. The topological polar surface area (TPSA) is 110 Å². The first kappa shape index (κ1) is 26.1. The van der Waals surface area contributed by atoms with Gasteiger partial charge in [-0.25, -0.2) is 4.79 Å². The van der Waals surface area contributed by atoms with Gasteiger partial charge in [-0.2, -0.15) is 0 Å². The standard InChI is InChI=1S/C30H38O7/c1-15-12-24(37-27(34)16(15)2)17(3)21-14-26(36-18(4)31)30(35)22-13-23(32)20-8-7-9-25(33)29(20,6)19(22)10-11-28(21,30)5/h7-9,14,17,19,22-24,26,32,35H,10-13H2,1-6H3/t17-,19-,22+,23-,24+,26-,28+,29+,30-/m0/s1. The van der Waals surface area contributed by atoms with Crippen LogP contribution in [0.15, 0.2) is 46.6 Å². The van der Waals surface area contributed by atoms with E-state index < -0.39 is 46.6 Å². The number of aliphatic hydroxyl groups excluding tert-OH is 1. The lowest BCUT2D eigenvalue weighted by molar-refractivity contribution is -0.221. The van der Waals surface area contributed by atoms with Crippen LogP contribution >= 0.6 is 0 Å². The number of hydrogen-bond donors (Lipinski definition) is 2. The molecule has 0 bridgehead atoms. The summed E-state index contributed by atoms with van der Waals surface area (Å²) in [5, 5.41) is 24.0. The predicted octanol–water partition coefficient (Wildman–Crippen LogP) is 3.75. The summed E-state index contributed by atoms with van der Waals surface area (Å²) in [4.78, 5) is 38.0. The van der Waals surface area contributed by atoms with Gasteiger partial charge in [-0.15, -0.1) is 0 Å². The van der Waals surface area contributed by atoms with Gasteiger partial charge in [0.1, 0.15) is 17.8 Å². The third kappa shape index (κ3) is 3.42. The van der Waals surface area contributed by atoms with Crippen LogP contribution in [-0.2, 0) is 23.9 Å². The molecule has 7 heteroatoms. The monoisotopic (exact) mass is 510 g/mol. The van der Waals surface area contributed by atoms with Crippen LogP contribution in [0.2, 0.25) is 0 Å².